The van der Waals surface area contributed by atoms with Gasteiger partial charge < -0.3 is 10.1 Å². The third-order valence-electron chi connectivity index (χ3n) is 2.46. The molecule has 0 spiro atoms. The lowest BCUT2D eigenvalue weighted by Crippen LogP contribution is -2.18. The van der Waals surface area contributed by atoms with E-state index in [9.17, 15) is 4.79 Å². The number of ether oxygens (including phenoxy) is 1. The second-order valence-corrected chi connectivity index (χ2v) is 4.21. The Morgan fingerprint density at radius 3 is 2.88 bits per heavy atom. The van der Waals surface area contributed by atoms with Gasteiger partial charge in [-0.1, -0.05) is 18.5 Å². The predicted octanol–water partition coefficient (Wildman–Crippen LogP) is 2.46. The molecule has 0 heterocycles. The first kappa shape index (κ1) is 14.0. The normalized spacial score (nSPS) is 10.3. The molecule has 0 fully saturated rings. The molecule has 0 radical (unpaired) electrons. The van der Waals surface area contributed by atoms with E-state index in [2.05, 4.69) is 5.32 Å². The van der Waals surface area contributed by atoms with Crippen LogP contribution in [0.25, 0.3) is 0 Å². The zero-order valence-corrected chi connectivity index (χ0v) is 11.0. The lowest BCUT2D eigenvalue weighted by Gasteiger charge is -2.08. The first-order valence-corrected chi connectivity index (χ1v) is 6.10. The van der Waals surface area contributed by atoms with Crippen LogP contribution in [-0.4, -0.2) is 26.0 Å². The highest BCUT2D eigenvalue weighted by Gasteiger charge is 2.09. The first-order chi connectivity index (χ1) is 8.17. The molecule has 1 rings (SSSR count). The fourth-order valence-corrected chi connectivity index (χ4v) is 1.79. The Balaban J connectivity index is 2.60. The van der Waals surface area contributed by atoms with Gasteiger partial charge in [-0.25, -0.2) is 0 Å². The predicted molar refractivity (Wildman–Crippen MR) is 69.9 cm³/mol. The van der Waals surface area contributed by atoms with Gasteiger partial charge in [0.05, 0.1) is 7.11 Å². The summed E-state index contributed by atoms with van der Waals surface area (Å²) in [4.78, 5) is 11.7. The van der Waals surface area contributed by atoms with Gasteiger partial charge in [-0.3, -0.25) is 4.79 Å². The highest BCUT2D eigenvalue weighted by atomic mass is 35.5. The Kier molecular flexibility index (Phi) is 6.01. The van der Waals surface area contributed by atoms with E-state index in [0.29, 0.717) is 23.6 Å². The summed E-state index contributed by atoms with van der Waals surface area (Å²) in [5.41, 5.74) is 0.849. The molecule has 4 heteroatoms. The van der Waals surface area contributed by atoms with Crippen LogP contribution in [-0.2, 0) is 11.2 Å². The molecule has 3 nitrogen and oxygen atoms in total. The second kappa shape index (κ2) is 7.30. The van der Waals surface area contributed by atoms with Crippen LogP contribution in [0.3, 0.4) is 0 Å². The minimum atomic E-state index is 0.187. The molecule has 94 valence electrons. The molecule has 1 aromatic carbocycles. The second-order valence-electron chi connectivity index (χ2n) is 3.78. The van der Waals surface area contributed by atoms with Crippen molar-refractivity contribution in [2.45, 2.75) is 19.8 Å². The standard InChI is InChI=1S/C13H18ClNO2/c1-3-15-7-6-12(16)9-10-8-11(14)4-5-13(10)17-2/h4-5,8,15H,3,6-7,9H2,1-2H3. The summed E-state index contributed by atoms with van der Waals surface area (Å²) in [5.74, 6) is 0.901. The molecule has 0 aliphatic rings. The van der Waals surface area contributed by atoms with Crippen LogP contribution in [0.5, 0.6) is 5.75 Å². The molecular weight excluding hydrogens is 238 g/mol. The van der Waals surface area contributed by atoms with Crippen LogP contribution in [0.1, 0.15) is 18.9 Å². The molecule has 1 N–H and O–H groups in total. The summed E-state index contributed by atoms with van der Waals surface area (Å²) in [7, 11) is 1.59. The van der Waals surface area contributed by atoms with Crippen LogP contribution < -0.4 is 10.1 Å². The average molecular weight is 256 g/mol. The Morgan fingerprint density at radius 1 is 1.47 bits per heavy atom. The Labute approximate surface area is 107 Å². The van der Waals surface area contributed by atoms with Gasteiger partial charge in [0.25, 0.3) is 0 Å². The number of halogens is 1. The van der Waals surface area contributed by atoms with E-state index in [4.69, 9.17) is 16.3 Å². The van der Waals surface area contributed by atoms with Crippen molar-refractivity contribution in [2.24, 2.45) is 0 Å². The van der Waals surface area contributed by atoms with E-state index in [1.807, 2.05) is 6.92 Å². The maximum atomic E-state index is 11.7. The molecule has 0 unspecified atom stereocenters. The molecule has 17 heavy (non-hydrogen) atoms. The third-order valence-corrected chi connectivity index (χ3v) is 2.70. The third kappa shape index (κ3) is 4.75. The maximum Gasteiger partial charge on any atom is 0.138 e. The van der Waals surface area contributed by atoms with E-state index >= 15 is 0 Å². The molecule has 0 aliphatic carbocycles. The number of Topliss-reactive ketones (excluding diaryl/α,β-unsaturated/α-hetero) is 1. The molecule has 0 amide bonds. The fourth-order valence-electron chi connectivity index (χ4n) is 1.59. The zero-order chi connectivity index (χ0) is 12.7. The Morgan fingerprint density at radius 2 is 2.24 bits per heavy atom. The van der Waals surface area contributed by atoms with E-state index in [1.165, 1.54) is 0 Å². The summed E-state index contributed by atoms with van der Waals surface area (Å²) in [6.07, 6.45) is 0.901. The van der Waals surface area contributed by atoms with Crippen molar-refractivity contribution in [3.8, 4) is 5.75 Å². The monoisotopic (exact) mass is 255 g/mol. The molecule has 0 atom stereocenters. The number of hydrogen-bond donors (Lipinski definition) is 1. The number of carbonyl (C=O) groups excluding carboxylic acids is 1. The first-order valence-electron chi connectivity index (χ1n) is 5.72. The van der Waals surface area contributed by atoms with Crippen molar-refractivity contribution in [2.75, 3.05) is 20.2 Å². The van der Waals surface area contributed by atoms with Crippen molar-refractivity contribution in [3.05, 3.63) is 28.8 Å². The van der Waals surface area contributed by atoms with E-state index in [1.54, 1.807) is 25.3 Å². The fraction of sp³-hybridized carbons (Fsp3) is 0.462. The average Bonchev–Trinajstić information content (AvgIpc) is 2.29. The topological polar surface area (TPSA) is 38.3 Å². The highest BCUT2D eigenvalue weighted by molar-refractivity contribution is 6.30. The molecule has 0 aliphatic heterocycles. The van der Waals surface area contributed by atoms with Crippen molar-refractivity contribution in [1.82, 2.24) is 5.32 Å². The van der Waals surface area contributed by atoms with Gasteiger partial charge in [0.1, 0.15) is 11.5 Å². The molecule has 0 aromatic heterocycles. The minimum Gasteiger partial charge on any atom is -0.496 e. The number of benzene rings is 1. The highest BCUT2D eigenvalue weighted by Crippen LogP contribution is 2.23. The zero-order valence-electron chi connectivity index (χ0n) is 10.3. The molecule has 0 saturated heterocycles. The van der Waals surface area contributed by atoms with Gasteiger partial charge in [0, 0.05) is 30.0 Å². The molecule has 0 saturated carbocycles. The number of hydrogen-bond acceptors (Lipinski definition) is 3. The smallest absolute Gasteiger partial charge is 0.138 e. The van der Waals surface area contributed by atoms with Gasteiger partial charge in [0.2, 0.25) is 0 Å². The summed E-state index contributed by atoms with van der Waals surface area (Å²) in [6.45, 7) is 3.62. The van der Waals surface area contributed by atoms with Crippen LogP contribution >= 0.6 is 11.6 Å². The lowest BCUT2D eigenvalue weighted by atomic mass is 10.1. The van der Waals surface area contributed by atoms with Gasteiger partial charge in [-0.15, -0.1) is 0 Å². The summed E-state index contributed by atoms with van der Waals surface area (Å²) in [6, 6.07) is 5.33. The van der Waals surface area contributed by atoms with Crippen molar-refractivity contribution >= 4 is 17.4 Å². The van der Waals surface area contributed by atoms with Crippen molar-refractivity contribution < 1.29 is 9.53 Å². The number of nitrogens with one attached hydrogen (secondary N) is 1. The van der Waals surface area contributed by atoms with Gasteiger partial charge >= 0.3 is 0 Å². The van der Waals surface area contributed by atoms with E-state index in [-0.39, 0.29) is 5.78 Å². The number of rotatable bonds is 7. The summed E-state index contributed by atoms with van der Waals surface area (Å²) in [5, 5.41) is 3.75. The minimum absolute atomic E-state index is 0.187. The molecule has 1 aromatic rings. The van der Waals surface area contributed by atoms with Gasteiger partial charge in [-0.2, -0.15) is 0 Å². The largest absolute Gasteiger partial charge is 0.496 e. The SMILES string of the molecule is CCNCCC(=O)Cc1cc(Cl)ccc1OC. The Bertz CT molecular complexity index is 380. The number of carbonyl (C=O) groups is 1. The maximum absolute atomic E-state index is 11.7. The number of methoxy groups -OCH3 is 1. The summed E-state index contributed by atoms with van der Waals surface area (Å²) >= 11 is 5.90. The van der Waals surface area contributed by atoms with Crippen molar-refractivity contribution in [3.63, 3.8) is 0 Å². The Hall–Kier alpha value is -1.06. The summed E-state index contributed by atoms with van der Waals surface area (Å²) < 4.78 is 5.20. The number of ketones is 1. The van der Waals surface area contributed by atoms with Crippen LogP contribution in [0.4, 0.5) is 0 Å². The van der Waals surface area contributed by atoms with Crippen LogP contribution in [0, 0.1) is 0 Å². The van der Waals surface area contributed by atoms with Gasteiger partial charge in [-0.05, 0) is 24.7 Å². The lowest BCUT2D eigenvalue weighted by molar-refractivity contribution is -0.118. The van der Waals surface area contributed by atoms with E-state index in [0.717, 1.165) is 18.7 Å². The quantitative estimate of drug-likeness (QED) is 0.761. The van der Waals surface area contributed by atoms with Crippen LogP contribution in [0.2, 0.25) is 5.02 Å². The van der Waals surface area contributed by atoms with Gasteiger partial charge in [0.15, 0.2) is 0 Å². The van der Waals surface area contributed by atoms with Crippen LogP contribution in [0.15, 0.2) is 18.2 Å². The molecular formula is C13H18ClNO2. The van der Waals surface area contributed by atoms with Crippen molar-refractivity contribution in [1.29, 1.82) is 0 Å². The van der Waals surface area contributed by atoms with E-state index < -0.39 is 0 Å². The molecule has 0 bridgehead atoms.